The molecule has 0 spiro atoms. The maximum absolute atomic E-state index is 13.3. The second-order valence-corrected chi connectivity index (χ2v) is 8.13. The Labute approximate surface area is 191 Å². The van der Waals surface area contributed by atoms with E-state index in [1.165, 1.54) is 11.8 Å². The Balaban J connectivity index is 1.80. The molecule has 2 N–H and O–H groups in total. The number of fused-ring (bicyclic) bond motifs is 1. The number of benzene rings is 2. The molecule has 31 heavy (non-hydrogen) atoms. The molecule has 1 aromatic heterocycles. The highest BCUT2D eigenvalue weighted by molar-refractivity contribution is 9.10. The Morgan fingerprint density at radius 2 is 1.97 bits per heavy atom. The molecule has 1 aliphatic heterocycles. The normalized spacial score (nSPS) is 15.2. The fourth-order valence-corrected chi connectivity index (χ4v) is 3.88. The second kappa shape index (κ2) is 8.52. The molecule has 0 fully saturated rings. The van der Waals surface area contributed by atoms with Gasteiger partial charge in [-0.2, -0.15) is 4.98 Å². The van der Waals surface area contributed by atoms with Crippen LogP contribution >= 0.6 is 27.5 Å². The molecule has 4 rings (SSSR count). The smallest absolute Gasteiger partial charge is 0.378 e. The lowest BCUT2D eigenvalue weighted by molar-refractivity contribution is -0.113. The van der Waals surface area contributed by atoms with Gasteiger partial charge >= 0.3 is 5.97 Å². The average molecular weight is 503 g/mol. The second-order valence-electron chi connectivity index (χ2n) is 6.78. The molecule has 2 heterocycles. The SMILES string of the molecule is COC(=O)c1nc2n(n1)C(c1cccc(Br)c1)C(C(=O)Nc1ccc(Cl)cc1)=C(C)N2. The minimum Gasteiger partial charge on any atom is -0.463 e. The quantitative estimate of drug-likeness (QED) is 0.513. The van der Waals surface area contributed by atoms with Crippen LogP contribution in [0.3, 0.4) is 0 Å². The molecular formula is C21H17BrClN5O3. The van der Waals surface area contributed by atoms with Gasteiger partial charge in [0, 0.05) is 20.9 Å². The predicted molar refractivity (Wildman–Crippen MR) is 120 cm³/mol. The van der Waals surface area contributed by atoms with Crippen molar-refractivity contribution in [1.29, 1.82) is 0 Å². The van der Waals surface area contributed by atoms with Crippen LogP contribution in [0.5, 0.6) is 0 Å². The van der Waals surface area contributed by atoms with Gasteiger partial charge in [-0.3, -0.25) is 4.79 Å². The van der Waals surface area contributed by atoms with Gasteiger partial charge in [0.15, 0.2) is 0 Å². The van der Waals surface area contributed by atoms with E-state index in [0.717, 1.165) is 10.0 Å². The number of aromatic nitrogens is 3. The minimum atomic E-state index is -0.665. The predicted octanol–water partition coefficient (Wildman–Crippen LogP) is 4.41. The van der Waals surface area contributed by atoms with Crippen LogP contribution in [-0.2, 0) is 9.53 Å². The van der Waals surface area contributed by atoms with Gasteiger partial charge in [-0.25, -0.2) is 9.48 Å². The van der Waals surface area contributed by atoms with Gasteiger partial charge in [0.2, 0.25) is 5.95 Å². The number of anilines is 2. The third-order valence-electron chi connectivity index (χ3n) is 4.73. The van der Waals surface area contributed by atoms with E-state index in [2.05, 4.69) is 36.6 Å². The van der Waals surface area contributed by atoms with Crippen LogP contribution in [0.25, 0.3) is 0 Å². The van der Waals surface area contributed by atoms with E-state index in [9.17, 15) is 9.59 Å². The number of methoxy groups -OCH3 is 1. The molecular weight excluding hydrogens is 486 g/mol. The number of amides is 1. The van der Waals surface area contributed by atoms with Crippen LogP contribution in [0.1, 0.15) is 29.1 Å². The molecule has 10 heteroatoms. The number of esters is 1. The maximum atomic E-state index is 13.3. The number of halogens is 2. The summed E-state index contributed by atoms with van der Waals surface area (Å²) in [6.07, 6.45) is 0. The van der Waals surface area contributed by atoms with E-state index < -0.39 is 12.0 Å². The van der Waals surface area contributed by atoms with Crippen LogP contribution < -0.4 is 10.6 Å². The number of nitrogens with zero attached hydrogens (tertiary/aromatic N) is 3. The Kier molecular flexibility index (Phi) is 5.79. The van der Waals surface area contributed by atoms with Crippen molar-refractivity contribution in [2.75, 3.05) is 17.7 Å². The van der Waals surface area contributed by atoms with Crippen molar-refractivity contribution >= 4 is 51.0 Å². The summed E-state index contributed by atoms with van der Waals surface area (Å²) >= 11 is 9.42. The summed E-state index contributed by atoms with van der Waals surface area (Å²) in [4.78, 5) is 29.6. The topological polar surface area (TPSA) is 98.1 Å². The van der Waals surface area contributed by atoms with Crippen molar-refractivity contribution in [1.82, 2.24) is 14.8 Å². The molecule has 1 amide bonds. The average Bonchev–Trinajstić information content (AvgIpc) is 3.17. The first-order chi connectivity index (χ1) is 14.9. The molecule has 2 aromatic carbocycles. The number of carbonyl (C=O) groups is 2. The van der Waals surface area contributed by atoms with Crippen LogP contribution in [0, 0.1) is 0 Å². The summed E-state index contributed by atoms with van der Waals surface area (Å²) in [5, 5.41) is 10.8. The van der Waals surface area contributed by atoms with Crippen LogP contribution in [0.4, 0.5) is 11.6 Å². The van der Waals surface area contributed by atoms with Gasteiger partial charge < -0.3 is 15.4 Å². The standard InChI is InChI=1S/C21H17BrClN5O3/c1-11-16(19(29)25-15-8-6-14(23)7-9-15)17(12-4-3-5-13(22)10-12)28-21(24-11)26-18(27-28)20(30)31-2/h3-10,17H,1-2H3,(H,25,29)(H,24,26,27). The lowest BCUT2D eigenvalue weighted by atomic mass is 9.95. The molecule has 3 aromatic rings. The lowest BCUT2D eigenvalue weighted by Gasteiger charge is -2.28. The summed E-state index contributed by atoms with van der Waals surface area (Å²) in [6, 6.07) is 13.7. The van der Waals surface area contributed by atoms with Gasteiger partial charge in [0.25, 0.3) is 11.7 Å². The van der Waals surface area contributed by atoms with Crippen molar-refractivity contribution < 1.29 is 14.3 Å². The van der Waals surface area contributed by atoms with E-state index in [1.807, 2.05) is 24.3 Å². The van der Waals surface area contributed by atoms with E-state index in [0.29, 0.717) is 27.9 Å². The van der Waals surface area contributed by atoms with Gasteiger partial charge in [0.05, 0.1) is 12.7 Å². The fraction of sp³-hybridized carbons (Fsp3) is 0.143. The first-order valence-electron chi connectivity index (χ1n) is 9.22. The number of hydrogen-bond acceptors (Lipinski definition) is 6. The Morgan fingerprint density at radius 1 is 1.23 bits per heavy atom. The van der Waals surface area contributed by atoms with E-state index in [-0.39, 0.29) is 11.7 Å². The first-order valence-corrected chi connectivity index (χ1v) is 10.4. The highest BCUT2D eigenvalue weighted by Gasteiger charge is 2.35. The van der Waals surface area contributed by atoms with Crippen LogP contribution in [0.15, 0.2) is 64.3 Å². The van der Waals surface area contributed by atoms with Crippen molar-refractivity contribution in [2.24, 2.45) is 0 Å². The van der Waals surface area contributed by atoms with Crippen molar-refractivity contribution in [2.45, 2.75) is 13.0 Å². The van der Waals surface area contributed by atoms with Crippen LogP contribution in [0.2, 0.25) is 5.02 Å². The number of ether oxygens (including phenoxy) is 1. The molecule has 0 aliphatic carbocycles. The molecule has 1 atom stereocenters. The molecule has 0 saturated carbocycles. The Bertz CT molecular complexity index is 1210. The summed E-state index contributed by atoms with van der Waals surface area (Å²) in [5.41, 5.74) is 2.41. The zero-order chi connectivity index (χ0) is 22.1. The highest BCUT2D eigenvalue weighted by Crippen LogP contribution is 2.36. The Morgan fingerprint density at radius 3 is 2.65 bits per heavy atom. The maximum Gasteiger partial charge on any atom is 0.378 e. The van der Waals surface area contributed by atoms with E-state index >= 15 is 0 Å². The third-order valence-corrected chi connectivity index (χ3v) is 5.48. The third kappa shape index (κ3) is 4.19. The number of rotatable bonds is 4. The van der Waals surface area contributed by atoms with Crippen LogP contribution in [-0.4, -0.2) is 33.8 Å². The van der Waals surface area contributed by atoms with Gasteiger partial charge in [-0.15, -0.1) is 5.10 Å². The molecule has 0 bridgehead atoms. The Hall–Kier alpha value is -3.17. The van der Waals surface area contributed by atoms with Gasteiger partial charge in [-0.05, 0) is 48.9 Å². The zero-order valence-corrected chi connectivity index (χ0v) is 18.9. The molecule has 1 aliphatic rings. The van der Waals surface area contributed by atoms with Crippen molar-refractivity contribution in [3.8, 4) is 0 Å². The van der Waals surface area contributed by atoms with E-state index in [1.54, 1.807) is 31.2 Å². The summed E-state index contributed by atoms with van der Waals surface area (Å²) in [6.45, 7) is 1.78. The zero-order valence-electron chi connectivity index (χ0n) is 16.5. The molecule has 1 unspecified atom stereocenters. The number of allylic oxidation sites excluding steroid dienone is 1. The molecule has 0 radical (unpaired) electrons. The lowest BCUT2D eigenvalue weighted by Crippen LogP contribution is -2.31. The number of carbonyl (C=O) groups excluding carboxylic acids is 2. The van der Waals surface area contributed by atoms with Crippen molar-refractivity contribution in [3.63, 3.8) is 0 Å². The minimum absolute atomic E-state index is 0.0999. The molecule has 158 valence electrons. The summed E-state index contributed by atoms with van der Waals surface area (Å²) in [7, 11) is 1.26. The van der Waals surface area contributed by atoms with E-state index in [4.69, 9.17) is 16.3 Å². The highest BCUT2D eigenvalue weighted by atomic mass is 79.9. The number of nitrogens with one attached hydrogen (secondary N) is 2. The summed E-state index contributed by atoms with van der Waals surface area (Å²) < 4.78 is 7.10. The monoisotopic (exact) mass is 501 g/mol. The molecule has 8 nitrogen and oxygen atoms in total. The fourth-order valence-electron chi connectivity index (χ4n) is 3.34. The van der Waals surface area contributed by atoms with Crippen molar-refractivity contribution in [3.05, 3.63) is 80.7 Å². The summed E-state index contributed by atoms with van der Waals surface area (Å²) in [5.74, 6) is -0.748. The largest absolute Gasteiger partial charge is 0.463 e. The van der Waals surface area contributed by atoms with Gasteiger partial charge in [0.1, 0.15) is 6.04 Å². The first kappa shape index (κ1) is 21.1. The number of hydrogen-bond donors (Lipinski definition) is 2. The molecule has 0 saturated heterocycles. The van der Waals surface area contributed by atoms with Gasteiger partial charge in [-0.1, -0.05) is 39.7 Å².